The highest BCUT2D eigenvalue weighted by Gasteiger charge is 1.96. The molecular weight excluding hydrogens is 320 g/mol. The number of amides is 2. The Labute approximate surface area is 143 Å². The lowest BCUT2D eigenvalue weighted by molar-refractivity contribution is -0.287. The van der Waals surface area contributed by atoms with E-state index in [0.717, 1.165) is 25.9 Å². The summed E-state index contributed by atoms with van der Waals surface area (Å²) in [5, 5.41) is 0. The second-order valence-corrected chi connectivity index (χ2v) is 3.50. The number of hydrogen-bond donors (Lipinski definition) is 4. The molecule has 10 nitrogen and oxygen atoms in total. The Morgan fingerprint density at radius 1 is 0.833 bits per heavy atom. The minimum absolute atomic E-state index is 0.129. The summed E-state index contributed by atoms with van der Waals surface area (Å²) in [6, 6.07) is 0. The van der Waals surface area contributed by atoms with Crippen LogP contribution in [0.4, 0.5) is 9.59 Å². The Morgan fingerprint density at radius 2 is 1.08 bits per heavy atom. The SMILES string of the molecule is C=CC=C.CCCN.CCCN.NC(=O)OOCCOOC(N)=O. The van der Waals surface area contributed by atoms with Crippen molar-refractivity contribution in [3.05, 3.63) is 25.3 Å². The summed E-state index contributed by atoms with van der Waals surface area (Å²) in [4.78, 5) is 35.7. The molecule has 0 rings (SSSR count). The van der Waals surface area contributed by atoms with E-state index in [1.165, 1.54) is 0 Å². The molecule has 0 spiro atoms. The van der Waals surface area contributed by atoms with E-state index in [1.807, 2.05) is 0 Å². The van der Waals surface area contributed by atoms with Crippen LogP contribution >= 0.6 is 0 Å². The highest BCUT2D eigenvalue weighted by atomic mass is 17.2. The summed E-state index contributed by atoms with van der Waals surface area (Å²) in [5.41, 5.74) is 19.1. The van der Waals surface area contributed by atoms with E-state index < -0.39 is 12.2 Å². The predicted molar refractivity (Wildman–Crippen MR) is 92.3 cm³/mol. The third kappa shape index (κ3) is 72.7. The van der Waals surface area contributed by atoms with Gasteiger partial charge in [0.05, 0.1) is 0 Å². The maximum Gasteiger partial charge on any atom is 0.436 e. The summed E-state index contributed by atoms with van der Waals surface area (Å²) in [5.74, 6) is 0. The Morgan fingerprint density at radius 3 is 1.21 bits per heavy atom. The van der Waals surface area contributed by atoms with Crippen molar-refractivity contribution in [2.24, 2.45) is 22.9 Å². The van der Waals surface area contributed by atoms with Gasteiger partial charge in [-0.25, -0.2) is 9.59 Å². The summed E-state index contributed by atoms with van der Waals surface area (Å²) in [6.07, 6.45) is 3.32. The minimum atomic E-state index is -1.08. The van der Waals surface area contributed by atoms with Crippen molar-refractivity contribution in [1.29, 1.82) is 0 Å². The third-order valence-electron chi connectivity index (χ3n) is 1.28. The number of primary amides is 2. The van der Waals surface area contributed by atoms with Crippen LogP contribution in [0.2, 0.25) is 0 Å². The smallest absolute Gasteiger partial charge is 0.333 e. The summed E-state index contributed by atoms with van der Waals surface area (Å²) in [6.45, 7) is 12.2. The van der Waals surface area contributed by atoms with Crippen LogP contribution in [0.3, 0.4) is 0 Å². The first kappa shape index (κ1) is 29.8. The zero-order valence-electron chi connectivity index (χ0n) is 14.6. The van der Waals surface area contributed by atoms with Crippen molar-refractivity contribution in [3.8, 4) is 0 Å². The lowest BCUT2D eigenvalue weighted by atomic mass is 10.5. The van der Waals surface area contributed by atoms with Gasteiger partial charge in [-0.3, -0.25) is 9.78 Å². The predicted octanol–water partition coefficient (Wildman–Crippen LogP) is 1.11. The molecule has 144 valence electrons. The molecule has 8 N–H and O–H groups in total. The topological polar surface area (TPSA) is 175 Å². The van der Waals surface area contributed by atoms with Gasteiger partial charge in [0.2, 0.25) is 0 Å². The van der Waals surface area contributed by atoms with E-state index >= 15 is 0 Å². The summed E-state index contributed by atoms with van der Waals surface area (Å²) >= 11 is 0. The number of carbonyl (C=O) groups is 2. The van der Waals surface area contributed by atoms with Gasteiger partial charge in [0.15, 0.2) is 0 Å². The highest BCUT2D eigenvalue weighted by Crippen LogP contribution is 1.81. The molecule has 0 fully saturated rings. The average molecular weight is 352 g/mol. The molecule has 0 radical (unpaired) electrons. The van der Waals surface area contributed by atoms with Crippen molar-refractivity contribution in [3.63, 3.8) is 0 Å². The number of carbonyl (C=O) groups excluding carboxylic acids is 2. The van der Waals surface area contributed by atoms with Crippen molar-refractivity contribution < 1.29 is 29.1 Å². The fourth-order valence-corrected chi connectivity index (χ4v) is 0.268. The number of nitrogens with two attached hydrogens (primary N) is 4. The van der Waals surface area contributed by atoms with Crippen molar-refractivity contribution in [2.75, 3.05) is 26.3 Å². The van der Waals surface area contributed by atoms with Crippen LogP contribution in [0.25, 0.3) is 0 Å². The molecule has 0 aromatic rings. The van der Waals surface area contributed by atoms with Gasteiger partial charge in [-0.2, -0.15) is 9.78 Å². The van der Waals surface area contributed by atoms with E-state index in [1.54, 1.807) is 12.2 Å². The molecule has 0 saturated heterocycles. The second-order valence-electron chi connectivity index (χ2n) is 3.50. The largest absolute Gasteiger partial charge is 0.436 e. The average Bonchev–Trinajstić information content (AvgIpc) is 2.58. The van der Waals surface area contributed by atoms with E-state index in [-0.39, 0.29) is 13.2 Å². The lowest BCUT2D eigenvalue weighted by Gasteiger charge is -2.00. The van der Waals surface area contributed by atoms with Crippen LogP contribution in [-0.4, -0.2) is 38.5 Å². The van der Waals surface area contributed by atoms with Crippen LogP contribution in [0, 0.1) is 0 Å². The zero-order valence-corrected chi connectivity index (χ0v) is 14.6. The van der Waals surface area contributed by atoms with Gasteiger partial charge in [0.25, 0.3) is 0 Å². The molecule has 0 saturated carbocycles. The number of rotatable bonds is 8. The summed E-state index contributed by atoms with van der Waals surface area (Å²) in [7, 11) is 0. The standard InChI is InChI=1S/C4H8N2O6.C4H6.2C3H9N/c5-3(7)11-9-1-2-10-12-4(6)8;1-3-4-2;2*1-2-3-4/h1-2H2,(H2,5,7)(H2,6,8);3-4H,1-2H2;2*2-4H2,1H3. The molecule has 0 aromatic heterocycles. The number of hydrogen-bond acceptors (Lipinski definition) is 8. The molecule has 0 aliphatic heterocycles. The summed E-state index contributed by atoms with van der Waals surface area (Å²) < 4.78 is 0. The molecular formula is C14H32N4O6. The second kappa shape index (κ2) is 32.7. The molecule has 0 aromatic carbocycles. The van der Waals surface area contributed by atoms with E-state index in [0.29, 0.717) is 0 Å². The van der Waals surface area contributed by atoms with Crippen LogP contribution < -0.4 is 22.9 Å². The van der Waals surface area contributed by atoms with Gasteiger partial charge in [0.1, 0.15) is 13.2 Å². The quantitative estimate of drug-likeness (QED) is 0.217. The Balaban J connectivity index is -0.000000137. The Bertz CT molecular complexity index is 258. The minimum Gasteiger partial charge on any atom is -0.333 e. The fraction of sp³-hybridized carbons (Fsp3) is 0.571. The van der Waals surface area contributed by atoms with E-state index in [9.17, 15) is 9.59 Å². The van der Waals surface area contributed by atoms with E-state index in [4.69, 9.17) is 11.5 Å². The molecule has 0 heterocycles. The monoisotopic (exact) mass is 352 g/mol. The Kier molecular flexibility index (Phi) is 40.6. The Hall–Kier alpha value is -2.14. The van der Waals surface area contributed by atoms with Crippen LogP contribution in [0.5, 0.6) is 0 Å². The van der Waals surface area contributed by atoms with Crippen LogP contribution in [-0.2, 0) is 19.6 Å². The van der Waals surface area contributed by atoms with Crippen molar-refractivity contribution in [2.45, 2.75) is 26.7 Å². The van der Waals surface area contributed by atoms with Gasteiger partial charge in [-0.05, 0) is 25.9 Å². The van der Waals surface area contributed by atoms with Crippen molar-refractivity contribution in [1.82, 2.24) is 0 Å². The zero-order chi connectivity index (χ0) is 19.6. The maximum absolute atomic E-state index is 9.87. The van der Waals surface area contributed by atoms with Gasteiger partial charge in [0, 0.05) is 0 Å². The maximum atomic E-state index is 9.87. The highest BCUT2D eigenvalue weighted by molar-refractivity contribution is 5.63. The fourth-order valence-electron chi connectivity index (χ4n) is 0.268. The molecule has 24 heavy (non-hydrogen) atoms. The molecule has 0 atom stereocenters. The first-order valence-corrected chi connectivity index (χ1v) is 7.19. The third-order valence-corrected chi connectivity index (χ3v) is 1.28. The first-order chi connectivity index (χ1) is 11.4. The van der Waals surface area contributed by atoms with Crippen LogP contribution in [0.1, 0.15) is 26.7 Å². The molecule has 10 heteroatoms. The molecule has 2 amide bonds. The van der Waals surface area contributed by atoms with Crippen LogP contribution in [0.15, 0.2) is 25.3 Å². The normalized spacial score (nSPS) is 7.83. The molecule has 0 aliphatic rings. The first-order valence-electron chi connectivity index (χ1n) is 7.19. The number of allylic oxidation sites excluding steroid dienone is 2. The molecule has 0 aliphatic carbocycles. The van der Waals surface area contributed by atoms with Gasteiger partial charge in [-0.15, -0.1) is 0 Å². The van der Waals surface area contributed by atoms with Crippen molar-refractivity contribution >= 4 is 12.2 Å². The molecule has 0 unspecified atom stereocenters. The van der Waals surface area contributed by atoms with E-state index in [2.05, 4.69) is 58.0 Å². The van der Waals surface area contributed by atoms with Gasteiger partial charge >= 0.3 is 12.2 Å². The lowest BCUT2D eigenvalue weighted by Crippen LogP contribution is -2.18. The van der Waals surface area contributed by atoms with Gasteiger partial charge in [-0.1, -0.05) is 39.2 Å². The molecule has 0 bridgehead atoms. The van der Waals surface area contributed by atoms with Gasteiger partial charge < -0.3 is 22.9 Å².